The van der Waals surface area contributed by atoms with Crippen molar-refractivity contribution in [2.75, 3.05) is 33.5 Å². The van der Waals surface area contributed by atoms with Gasteiger partial charge in [-0.25, -0.2) is 0 Å². The summed E-state index contributed by atoms with van der Waals surface area (Å²) in [5.41, 5.74) is 0. The lowest BCUT2D eigenvalue weighted by Gasteiger charge is -2.27. The van der Waals surface area contributed by atoms with Gasteiger partial charge in [-0.3, -0.25) is 0 Å². The molecule has 1 heterocycles. The first kappa shape index (κ1) is 10.8. The fourth-order valence-electron chi connectivity index (χ4n) is 1.54. The van der Waals surface area contributed by atoms with E-state index in [1.54, 1.807) is 0 Å². The van der Waals surface area contributed by atoms with Gasteiger partial charge in [0.25, 0.3) is 0 Å². The highest BCUT2D eigenvalue weighted by atomic mass is 19.0. The van der Waals surface area contributed by atoms with Crippen molar-refractivity contribution in [3.63, 3.8) is 0 Å². The fraction of sp³-hybridized carbons (Fsp3) is 1.00. The van der Waals surface area contributed by atoms with Crippen LogP contribution in [0.15, 0.2) is 0 Å². The summed E-state index contributed by atoms with van der Waals surface area (Å²) in [6.45, 7) is 6.44. The molecule has 0 aromatic carbocycles. The van der Waals surface area contributed by atoms with Crippen molar-refractivity contribution in [2.24, 2.45) is 0 Å². The summed E-state index contributed by atoms with van der Waals surface area (Å²) in [6.07, 6.45) is 2.76. The summed E-state index contributed by atoms with van der Waals surface area (Å²) in [5, 5.41) is 0. The molecule has 1 fully saturated rings. The first-order chi connectivity index (χ1) is 4.77. The van der Waals surface area contributed by atoms with Crippen molar-refractivity contribution in [2.45, 2.75) is 19.8 Å². The Labute approximate surface area is 68.1 Å². The van der Waals surface area contributed by atoms with Gasteiger partial charge in [0.15, 0.2) is 6.73 Å². The Morgan fingerprint density at radius 3 is 2.27 bits per heavy atom. The zero-order valence-electron chi connectivity index (χ0n) is 7.48. The minimum absolute atomic E-state index is 0. The van der Waals surface area contributed by atoms with Crippen molar-refractivity contribution in [1.29, 1.82) is 0 Å². The Balaban J connectivity index is 0.000001000. The average molecular weight is 163 g/mol. The maximum absolute atomic E-state index is 5.39. The Hall–Kier alpha value is -0.150. The van der Waals surface area contributed by atoms with Crippen LogP contribution >= 0.6 is 0 Å². The second kappa shape index (κ2) is 4.67. The molecule has 68 valence electrons. The zero-order chi connectivity index (χ0) is 7.45. The van der Waals surface area contributed by atoms with Crippen LogP contribution in [0.5, 0.6) is 0 Å². The predicted octanol–water partition coefficient (Wildman–Crippen LogP) is -1.78. The van der Waals surface area contributed by atoms with Gasteiger partial charge >= 0.3 is 0 Å². The van der Waals surface area contributed by atoms with Gasteiger partial charge in [0.05, 0.1) is 20.1 Å². The monoisotopic (exact) mass is 163 g/mol. The molecule has 0 amide bonds. The molecule has 2 nitrogen and oxygen atoms in total. The van der Waals surface area contributed by atoms with Crippen molar-refractivity contribution < 1.29 is 13.9 Å². The maximum Gasteiger partial charge on any atom is 0.182 e. The number of hydrogen-bond acceptors (Lipinski definition) is 1. The quantitative estimate of drug-likeness (QED) is 0.447. The maximum atomic E-state index is 5.39. The van der Waals surface area contributed by atoms with Crippen molar-refractivity contribution in [3.8, 4) is 0 Å². The molecule has 1 saturated heterocycles. The van der Waals surface area contributed by atoms with E-state index < -0.39 is 0 Å². The molecule has 0 radical (unpaired) electrons. The highest BCUT2D eigenvalue weighted by molar-refractivity contribution is 4.48. The zero-order valence-corrected chi connectivity index (χ0v) is 7.48. The molecule has 1 rings (SSSR count). The van der Waals surface area contributed by atoms with Crippen molar-refractivity contribution in [3.05, 3.63) is 0 Å². The van der Waals surface area contributed by atoms with E-state index in [0.29, 0.717) is 0 Å². The predicted molar refractivity (Wildman–Crippen MR) is 41.6 cm³/mol. The van der Waals surface area contributed by atoms with Crippen LogP contribution in [-0.2, 0) is 4.74 Å². The molecule has 1 aliphatic rings. The number of likely N-dealkylation sites (tertiary alicyclic amines) is 1. The number of hydrogen-bond donors (Lipinski definition) is 0. The van der Waals surface area contributed by atoms with Crippen LogP contribution < -0.4 is 4.70 Å². The molecule has 0 unspecified atom stereocenters. The lowest BCUT2D eigenvalue weighted by Crippen LogP contribution is -3.00. The van der Waals surface area contributed by atoms with Gasteiger partial charge in [0.2, 0.25) is 0 Å². The summed E-state index contributed by atoms with van der Waals surface area (Å²) in [4.78, 5) is 0. The highest BCUT2D eigenvalue weighted by Crippen LogP contribution is 2.15. The molecular formula is C8H18FNO. The summed E-state index contributed by atoms with van der Waals surface area (Å²) >= 11 is 0. The number of quaternary nitrogens is 1. The summed E-state index contributed by atoms with van der Waals surface area (Å²) in [7, 11) is 2.28. The lowest BCUT2D eigenvalue weighted by atomic mass is 10.4. The normalized spacial score (nSPS) is 21.3. The highest BCUT2D eigenvalue weighted by Gasteiger charge is 2.26. The molecule has 3 heteroatoms. The van der Waals surface area contributed by atoms with E-state index >= 15 is 0 Å². The molecule has 0 spiro atoms. The Morgan fingerprint density at radius 2 is 1.82 bits per heavy atom. The minimum Gasteiger partial charge on any atom is -1.00 e. The standard InChI is InChI=1S/C8H18NO.FH/c1-3-10-8-9(2)6-4-5-7-9;/h3-8H2,1-2H3;1H/q+1;/p-1. The second-order valence-electron chi connectivity index (χ2n) is 3.40. The van der Waals surface area contributed by atoms with E-state index in [1.807, 2.05) is 0 Å². The van der Waals surface area contributed by atoms with Crippen LogP contribution in [0, 0.1) is 0 Å². The smallest absolute Gasteiger partial charge is 0.182 e. The van der Waals surface area contributed by atoms with Gasteiger partial charge in [-0.1, -0.05) is 0 Å². The number of ether oxygens (including phenoxy) is 1. The number of rotatable bonds is 3. The van der Waals surface area contributed by atoms with E-state index in [1.165, 1.54) is 25.9 Å². The topological polar surface area (TPSA) is 9.23 Å². The van der Waals surface area contributed by atoms with E-state index in [0.717, 1.165) is 17.8 Å². The van der Waals surface area contributed by atoms with Crippen molar-refractivity contribution >= 4 is 0 Å². The molecule has 11 heavy (non-hydrogen) atoms. The van der Waals surface area contributed by atoms with E-state index in [2.05, 4.69) is 14.0 Å². The molecule has 1 aliphatic heterocycles. The molecule has 0 bridgehead atoms. The molecule has 0 aromatic rings. The third-order valence-corrected chi connectivity index (χ3v) is 2.25. The van der Waals surface area contributed by atoms with Gasteiger partial charge in [0.1, 0.15) is 0 Å². The van der Waals surface area contributed by atoms with Gasteiger partial charge in [0, 0.05) is 19.4 Å². The van der Waals surface area contributed by atoms with E-state index in [-0.39, 0.29) is 4.70 Å². The first-order valence-corrected chi connectivity index (χ1v) is 4.18. The van der Waals surface area contributed by atoms with Crippen LogP contribution in [0.2, 0.25) is 0 Å². The molecule has 0 atom stereocenters. The van der Waals surface area contributed by atoms with Crippen LogP contribution in [0.3, 0.4) is 0 Å². The summed E-state index contributed by atoms with van der Waals surface area (Å²) < 4.78 is 6.53. The van der Waals surface area contributed by atoms with Crippen LogP contribution in [0.25, 0.3) is 0 Å². The SMILES string of the molecule is CCOC[N+]1(C)CCCC1.[F-]. The van der Waals surface area contributed by atoms with Gasteiger partial charge in [-0.05, 0) is 6.92 Å². The third kappa shape index (κ3) is 3.16. The number of halogens is 1. The molecule has 0 saturated carbocycles. The molecular weight excluding hydrogens is 145 g/mol. The fourth-order valence-corrected chi connectivity index (χ4v) is 1.54. The second-order valence-corrected chi connectivity index (χ2v) is 3.40. The van der Waals surface area contributed by atoms with E-state index in [4.69, 9.17) is 4.74 Å². The molecule has 0 aromatic heterocycles. The molecule has 0 N–H and O–H groups in total. The lowest BCUT2D eigenvalue weighted by molar-refractivity contribution is -0.916. The largest absolute Gasteiger partial charge is 1.00 e. The van der Waals surface area contributed by atoms with Gasteiger partial charge in [-0.2, -0.15) is 0 Å². The van der Waals surface area contributed by atoms with Crippen LogP contribution in [-0.4, -0.2) is 38.0 Å². The Kier molecular flexibility index (Phi) is 4.61. The number of nitrogens with zero attached hydrogens (tertiary/aromatic N) is 1. The Morgan fingerprint density at radius 1 is 1.27 bits per heavy atom. The molecule has 0 aliphatic carbocycles. The van der Waals surface area contributed by atoms with E-state index in [9.17, 15) is 0 Å². The summed E-state index contributed by atoms with van der Waals surface area (Å²) in [6, 6.07) is 0. The van der Waals surface area contributed by atoms with Gasteiger partial charge in [-0.15, -0.1) is 0 Å². The minimum atomic E-state index is 0. The Bertz CT molecular complexity index is 102. The van der Waals surface area contributed by atoms with Crippen LogP contribution in [0.4, 0.5) is 0 Å². The first-order valence-electron chi connectivity index (χ1n) is 4.18. The van der Waals surface area contributed by atoms with Crippen LogP contribution in [0.1, 0.15) is 19.8 Å². The van der Waals surface area contributed by atoms with Gasteiger partial charge < -0.3 is 13.9 Å². The van der Waals surface area contributed by atoms with Crippen molar-refractivity contribution in [1.82, 2.24) is 0 Å². The third-order valence-electron chi connectivity index (χ3n) is 2.25. The summed E-state index contributed by atoms with van der Waals surface area (Å²) in [5.74, 6) is 0. The average Bonchev–Trinajstić information content (AvgIpc) is 2.33.